The van der Waals surface area contributed by atoms with Gasteiger partial charge in [0.2, 0.25) is 0 Å². The summed E-state index contributed by atoms with van der Waals surface area (Å²) in [5.74, 6) is -1.25. The van der Waals surface area contributed by atoms with Gasteiger partial charge in [-0.15, -0.1) is 0 Å². The van der Waals surface area contributed by atoms with Crippen LogP contribution in [-0.4, -0.2) is 37.2 Å². The molecule has 0 spiro atoms. The maximum absolute atomic E-state index is 11.5. The maximum atomic E-state index is 11.5. The van der Waals surface area contributed by atoms with Crippen molar-refractivity contribution in [1.29, 1.82) is 0 Å². The third-order valence-electron chi connectivity index (χ3n) is 2.28. The molecule has 1 atom stereocenters. The van der Waals surface area contributed by atoms with Crippen LogP contribution in [0.1, 0.15) is 40.0 Å². The van der Waals surface area contributed by atoms with Gasteiger partial charge in [0.05, 0.1) is 13.0 Å². The van der Waals surface area contributed by atoms with Crippen LogP contribution in [0.5, 0.6) is 0 Å². The van der Waals surface area contributed by atoms with Crippen LogP contribution in [0.4, 0.5) is 0 Å². The molecule has 6 heteroatoms. The first kappa shape index (κ1) is 18.1. The average Bonchev–Trinajstić information content (AvgIpc) is 2.33. The Bertz CT molecular complexity index is 348. The van der Waals surface area contributed by atoms with Crippen molar-refractivity contribution in [2.24, 2.45) is 0 Å². The van der Waals surface area contributed by atoms with E-state index in [4.69, 9.17) is 14.2 Å². The largest absolute Gasteiger partial charge is 0.466 e. The van der Waals surface area contributed by atoms with E-state index in [0.29, 0.717) is 12.8 Å². The molecule has 0 bridgehead atoms. The van der Waals surface area contributed by atoms with Crippen molar-refractivity contribution < 1.29 is 28.6 Å². The Morgan fingerprint density at radius 2 is 1.80 bits per heavy atom. The van der Waals surface area contributed by atoms with E-state index in [-0.39, 0.29) is 25.6 Å². The fourth-order valence-corrected chi connectivity index (χ4v) is 1.45. The van der Waals surface area contributed by atoms with Crippen LogP contribution in [0.2, 0.25) is 0 Å². The van der Waals surface area contributed by atoms with Crippen LogP contribution in [0.15, 0.2) is 12.2 Å². The Kier molecular flexibility index (Phi) is 10.00. The molecule has 0 aliphatic carbocycles. The zero-order chi connectivity index (χ0) is 15.4. The van der Waals surface area contributed by atoms with Crippen LogP contribution in [0, 0.1) is 0 Å². The SMILES string of the molecule is CC=CCOC(=O)CC(CCCOC(C)=O)OC(C)=O. The van der Waals surface area contributed by atoms with Gasteiger partial charge < -0.3 is 14.2 Å². The van der Waals surface area contributed by atoms with Gasteiger partial charge in [0, 0.05) is 13.8 Å². The van der Waals surface area contributed by atoms with Crippen molar-refractivity contribution in [2.75, 3.05) is 13.2 Å². The highest BCUT2D eigenvalue weighted by atomic mass is 16.6. The molecule has 0 fully saturated rings. The summed E-state index contributed by atoms with van der Waals surface area (Å²) in [7, 11) is 0. The van der Waals surface area contributed by atoms with E-state index >= 15 is 0 Å². The summed E-state index contributed by atoms with van der Waals surface area (Å²) in [5.41, 5.74) is 0. The van der Waals surface area contributed by atoms with Crippen molar-refractivity contribution >= 4 is 17.9 Å². The van der Waals surface area contributed by atoms with E-state index in [1.165, 1.54) is 13.8 Å². The van der Waals surface area contributed by atoms with Gasteiger partial charge in [0.15, 0.2) is 0 Å². The molecule has 0 amide bonds. The van der Waals surface area contributed by atoms with E-state index in [1.54, 1.807) is 12.2 Å². The van der Waals surface area contributed by atoms with Gasteiger partial charge in [0.1, 0.15) is 12.7 Å². The van der Waals surface area contributed by atoms with Gasteiger partial charge in [-0.2, -0.15) is 0 Å². The minimum atomic E-state index is -0.554. The topological polar surface area (TPSA) is 78.9 Å². The quantitative estimate of drug-likeness (QED) is 0.278. The van der Waals surface area contributed by atoms with Gasteiger partial charge in [0.25, 0.3) is 0 Å². The normalized spacial score (nSPS) is 11.9. The van der Waals surface area contributed by atoms with Crippen LogP contribution >= 0.6 is 0 Å². The summed E-state index contributed by atoms with van der Waals surface area (Å²) < 4.78 is 14.7. The second kappa shape index (κ2) is 11.0. The van der Waals surface area contributed by atoms with Crippen LogP contribution in [-0.2, 0) is 28.6 Å². The molecular formula is C14H22O6. The summed E-state index contributed by atoms with van der Waals surface area (Å²) in [6, 6.07) is 0. The maximum Gasteiger partial charge on any atom is 0.309 e. The Hall–Kier alpha value is -1.85. The van der Waals surface area contributed by atoms with Crippen molar-refractivity contribution in [1.82, 2.24) is 0 Å². The molecular weight excluding hydrogens is 264 g/mol. The molecule has 0 rings (SSSR count). The highest BCUT2D eigenvalue weighted by molar-refractivity contribution is 5.71. The smallest absolute Gasteiger partial charge is 0.309 e. The molecule has 0 aliphatic heterocycles. The Morgan fingerprint density at radius 1 is 1.10 bits per heavy atom. The number of carbonyl (C=O) groups is 3. The monoisotopic (exact) mass is 286 g/mol. The van der Waals surface area contributed by atoms with E-state index < -0.39 is 18.0 Å². The van der Waals surface area contributed by atoms with Crippen LogP contribution in [0.25, 0.3) is 0 Å². The van der Waals surface area contributed by atoms with E-state index in [9.17, 15) is 14.4 Å². The second-order valence-corrected chi connectivity index (χ2v) is 4.17. The average molecular weight is 286 g/mol. The molecule has 0 aromatic rings. The van der Waals surface area contributed by atoms with Crippen LogP contribution < -0.4 is 0 Å². The summed E-state index contributed by atoms with van der Waals surface area (Å²) >= 11 is 0. The van der Waals surface area contributed by atoms with Crippen molar-refractivity contribution in [3.63, 3.8) is 0 Å². The van der Waals surface area contributed by atoms with Gasteiger partial charge >= 0.3 is 17.9 Å². The molecule has 0 aliphatic rings. The molecule has 6 nitrogen and oxygen atoms in total. The predicted molar refractivity (Wildman–Crippen MR) is 71.8 cm³/mol. The highest BCUT2D eigenvalue weighted by Gasteiger charge is 2.17. The standard InChI is InChI=1S/C14H22O6/c1-4-5-8-19-14(17)10-13(20-12(3)16)7-6-9-18-11(2)15/h4-5,13H,6-10H2,1-3H3. The highest BCUT2D eigenvalue weighted by Crippen LogP contribution is 2.09. The Morgan fingerprint density at radius 3 is 2.35 bits per heavy atom. The molecule has 0 heterocycles. The number of hydrogen-bond donors (Lipinski definition) is 0. The molecule has 0 saturated heterocycles. The predicted octanol–water partition coefficient (Wildman–Crippen LogP) is 1.77. The number of carbonyl (C=O) groups excluding carboxylic acids is 3. The van der Waals surface area contributed by atoms with E-state index in [1.807, 2.05) is 6.92 Å². The third kappa shape index (κ3) is 11.3. The lowest BCUT2D eigenvalue weighted by Crippen LogP contribution is -2.22. The zero-order valence-electron chi connectivity index (χ0n) is 12.2. The first-order valence-electron chi connectivity index (χ1n) is 6.53. The Balaban J connectivity index is 4.09. The second-order valence-electron chi connectivity index (χ2n) is 4.17. The van der Waals surface area contributed by atoms with Gasteiger partial charge in [-0.3, -0.25) is 14.4 Å². The number of esters is 3. The molecule has 20 heavy (non-hydrogen) atoms. The molecule has 0 aromatic heterocycles. The molecule has 0 radical (unpaired) electrons. The molecule has 1 unspecified atom stereocenters. The van der Waals surface area contributed by atoms with Crippen LogP contribution in [0.3, 0.4) is 0 Å². The fraction of sp³-hybridized carbons (Fsp3) is 0.643. The number of rotatable bonds is 9. The van der Waals surface area contributed by atoms with Crippen molar-refractivity contribution in [3.8, 4) is 0 Å². The zero-order valence-corrected chi connectivity index (χ0v) is 12.2. The summed E-state index contributed by atoms with van der Waals surface area (Å²) in [6.45, 7) is 4.87. The Labute approximate surface area is 119 Å². The lowest BCUT2D eigenvalue weighted by atomic mass is 10.1. The fourth-order valence-electron chi connectivity index (χ4n) is 1.45. The van der Waals surface area contributed by atoms with Crippen molar-refractivity contribution in [2.45, 2.75) is 46.1 Å². The van der Waals surface area contributed by atoms with E-state index in [2.05, 4.69) is 0 Å². The lowest BCUT2D eigenvalue weighted by molar-refractivity contribution is -0.154. The minimum absolute atomic E-state index is 0.00277. The molecule has 0 saturated carbocycles. The summed E-state index contributed by atoms with van der Waals surface area (Å²) in [5, 5.41) is 0. The minimum Gasteiger partial charge on any atom is -0.466 e. The first-order chi connectivity index (χ1) is 9.45. The molecule has 114 valence electrons. The van der Waals surface area contributed by atoms with E-state index in [0.717, 1.165) is 0 Å². The number of hydrogen-bond acceptors (Lipinski definition) is 6. The summed E-state index contributed by atoms with van der Waals surface area (Å²) in [6.07, 6.45) is 3.87. The van der Waals surface area contributed by atoms with Gasteiger partial charge in [-0.05, 0) is 19.8 Å². The summed E-state index contributed by atoms with van der Waals surface area (Å²) in [4.78, 5) is 33.1. The lowest BCUT2D eigenvalue weighted by Gasteiger charge is -2.16. The molecule has 0 aromatic carbocycles. The van der Waals surface area contributed by atoms with Gasteiger partial charge in [-0.1, -0.05) is 12.2 Å². The third-order valence-corrected chi connectivity index (χ3v) is 2.28. The number of allylic oxidation sites excluding steroid dienone is 1. The molecule has 0 N–H and O–H groups in total. The van der Waals surface area contributed by atoms with Crippen molar-refractivity contribution in [3.05, 3.63) is 12.2 Å². The first-order valence-corrected chi connectivity index (χ1v) is 6.53. The number of ether oxygens (including phenoxy) is 3. The van der Waals surface area contributed by atoms with Gasteiger partial charge in [-0.25, -0.2) is 0 Å².